The molecule has 0 saturated carbocycles. The largest absolute Gasteiger partial charge is 0.486 e. The van der Waals surface area contributed by atoms with Gasteiger partial charge in [0, 0.05) is 13.6 Å². The van der Waals surface area contributed by atoms with Gasteiger partial charge in [0.15, 0.2) is 23.1 Å². The lowest BCUT2D eigenvalue weighted by Gasteiger charge is -2.21. The first-order valence-corrected chi connectivity index (χ1v) is 8.62. The first-order chi connectivity index (χ1) is 11.4. The molecule has 2 aromatic carbocycles. The molecule has 1 aliphatic heterocycles. The Labute approximate surface area is 138 Å². The first kappa shape index (κ1) is 16.7. The van der Waals surface area contributed by atoms with Crippen LogP contribution in [0.1, 0.15) is 5.56 Å². The van der Waals surface area contributed by atoms with E-state index in [1.54, 1.807) is 18.2 Å². The van der Waals surface area contributed by atoms with Crippen molar-refractivity contribution >= 4 is 10.0 Å². The van der Waals surface area contributed by atoms with Crippen molar-refractivity contribution in [1.82, 2.24) is 4.31 Å². The van der Waals surface area contributed by atoms with Crippen LogP contribution in [0.3, 0.4) is 0 Å². The van der Waals surface area contributed by atoms with Gasteiger partial charge in [-0.1, -0.05) is 6.07 Å². The normalized spacial score (nSPS) is 14.0. The highest BCUT2D eigenvalue weighted by molar-refractivity contribution is 7.89. The summed E-state index contributed by atoms with van der Waals surface area (Å²) in [5.74, 6) is -1.14. The molecule has 0 N–H and O–H groups in total. The van der Waals surface area contributed by atoms with E-state index >= 15 is 0 Å². The smallest absolute Gasteiger partial charge is 0.243 e. The Hall–Kier alpha value is -2.19. The Morgan fingerprint density at radius 2 is 1.71 bits per heavy atom. The van der Waals surface area contributed by atoms with E-state index in [-0.39, 0.29) is 11.4 Å². The molecule has 5 nitrogen and oxygen atoms in total. The number of hydrogen-bond acceptors (Lipinski definition) is 4. The van der Waals surface area contributed by atoms with E-state index < -0.39 is 21.7 Å². The van der Waals surface area contributed by atoms with Crippen molar-refractivity contribution in [3.8, 4) is 11.5 Å². The fraction of sp³-hybridized carbons (Fsp3) is 0.250. The molecule has 2 aromatic rings. The van der Waals surface area contributed by atoms with E-state index in [4.69, 9.17) is 9.47 Å². The van der Waals surface area contributed by atoms with Crippen LogP contribution in [0.15, 0.2) is 41.3 Å². The predicted octanol–water partition coefficient (Wildman–Crippen LogP) is 2.56. The van der Waals surface area contributed by atoms with Gasteiger partial charge in [-0.15, -0.1) is 0 Å². The van der Waals surface area contributed by atoms with Crippen LogP contribution in [0.25, 0.3) is 0 Å². The van der Waals surface area contributed by atoms with Crippen molar-refractivity contribution in [2.24, 2.45) is 0 Å². The van der Waals surface area contributed by atoms with Crippen molar-refractivity contribution in [2.75, 3.05) is 20.3 Å². The van der Waals surface area contributed by atoms with Crippen molar-refractivity contribution in [3.63, 3.8) is 0 Å². The van der Waals surface area contributed by atoms with Crippen molar-refractivity contribution in [1.29, 1.82) is 0 Å². The molecule has 0 radical (unpaired) electrons. The van der Waals surface area contributed by atoms with E-state index in [1.165, 1.54) is 7.05 Å². The van der Waals surface area contributed by atoms with E-state index in [0.717, 1.165) is 16.4 Å². The molecule has 0 saturated heterocycles. The zero-order valence-electron chi connectivity index (χ0n) is 12.8. The highest BCUT2D eigenvalue weighted by Crippen LogP contribution is 2.31. The molecule has 0 unspecified atom stereocenters. The summed E-state index contributed by atoms with van der Waals surface area (Å²) in [6.45, 7) is 0.953. The van der Waals surface area contributed by atoms with Crippen LogP contribution in [0, 0.1) is 11.6 Å². The molecule has 0 fully saturated rings. The molecule has 0 atom stereocenters. The summed E-state index contributed by atoms with van der Waals surface area (Å²) in [5, 5.41) is 0. The Kier molecular flexibility index (Phi) is 4.42. The number of sulfonamides is 1. The first-order valence-electron chi connectivity index (χ1n) is 7.18. The molecule has 8 heteroatoms. The lowest BCUT2D eigenvalue weighted by atomic mass is 10.2. The molecule has 0 aromatic heterocycles. The Balaban J connectivity index is 1.83. The van der Waals surface area contributed by atoms with Crippen LogP contribution in [0.2, 0.25) is 0 Å². The van der Waals surface area contributed by atoms with Crippen molar-refractivity contribution in [3.05, 3.63) is 53.6 Å². The minimum atomic E-state index is -3.94. The lowest BCUT2D eigenvalue weighted by molar-refractivity contribution is 0.171. The molecule has 24 heavy (non-hydrogen) atoms. The molecule has 1 heterocycles. The topological polar surface area (TPSA) is 55.8 Å². The summed E-state index contributed by atoms with van der Waals surface area (Å²) in [4.78, 5) is -0.304. The zero-order chi connectivity index (χ0) is 17.3. The number of hydrogen-bond donors (Lipinski definition) is 0. The second-order valence-corrected chi connectivity index (χ2v) is 7.36. The highest BCUT2D eigenvalue weighted by Gasteiger charge is 2.23. The fourth-order valence-corrected chi connectivity index (χ4v) is 3.52. The molecule has 0 amide bonds. The minimum Gasteiger partial charge on any atom is -0.486 e. The van der Waals surface area contributed by atoms with Crippen LogP contribution < -0.4 is 9.47 Å². The maximum Gasteiger partial charge on any atom is 0.243 e. The summed E-state index contributed by atoms with van der Waals surface area (Å²) in [5.41, 5.74) is 0.688. The lowest BCUT2D eigenvalue weighted by Crippen LogP contribution is -2.26. The van der Waals surface area contributed by atoms with E-state index in [1.807, 2.05) is 0 Å². The Morgan fingerprint density at radius 3 is 2.42 bits per heavy atom. The van der Waals surface area contributed by atoms with Gasteiger partial charge < -0.3 is 9.47 Å². The number of benzene rings is 2. The standard InChI is InChI=1S/C16H15F2NO4S/c1-19(24(20,21)12-3-4-13(17)14(18)9-12)10-11-2-5-15-16(8-11)23-7-6-22-15/h2-5,8-9H,6-7,10H2,1H3. The summed E-state index contributed by atoms with van der Waals surface area (Å²) >= 11 is 0. The van der Waals surface area contributed by atoms with E-state index in [0.29, 0.717) is 36.3 Å². The molecular weight excluding hydrogens is 340 g/mol. The third-order valence-corrected chi connectivity index (χ3v) is 5.41. The Morgan fingerprint density at radius 1 is 1.00 bits per heavy atom. The quantitative estimate of drug-likeness (QED) is 0.846. The van der Waals surface area contributed by atoms with Crippen LogP contribution in [0.5, 0.6) is 11.5 Å². The minimum absolute atomic E-state index is 0.0535. The summed E-state index contributed by atoms with van der Waals surface area (Å²) in [7, 11) is -2.57. The van der Waals surface area contributed by atoms with Gasteiger partial charge in [0.25, 0.3) is 0 Å². The average Bonchev–Trinajstić information content (AvgIpc) is 2.57. The van der Waals surface area contributed by atoms with Crippen LogP contribution in [0.4, 0.5) is 8.78 Å². The third-order valence-electron chi connectivity index (χ3n) is 3.61. The summed E-state index contributed by atoms with van der Waals surface area (Å²) in [6.07, 6.45) is 0. The van der Waals surface area contributed by atoms with Crippen molar-refractivity contribution in [2.45, 2.75) is 11.4 Å². The number of fused-ring (bicyclic) bond motifs is 1. The fourth-order valence-electron chi connectivity index (χ4n) is 2.35. The van der Waals surface area contributed by atoms with Gasteiger partial charge >= 0.3 is 0 Å². The molecular formula is C16H15F2NO4S. The maximum absolute atomic E-state index is 13.3. The monoisotopic (exact) mass is 355 g/mol. The van der Waals surface area contributed by atoms with E-state index in [2.05, 4.69) is 0 Å². The number of halogens is 2. The van der Waals surface area contributed by atoms with Gasteiger partial charge in [-0.05, 0) is 35.9 Å². The van der Waals surface area contributed by atoms with Crippen molar-refractivity contribution < 1.29 is 26.7 Å². The van der Waals surface area contributed by atoms with Gasteiger partial charge in [0.1, 0.15) is 13.2 Å². The van der Waals surface area contributed by atoms with Crippen LogP contribution in [-0.2, 0) is 16.6 Å². The van der Waals surface area contributed by atoms with Gasteiger partial charge in [-0.25, -0.2) is 17.2 Å². The number of ether oxygens (including phenoxy) is 2. The molecule has 1 aliphatic rings. The summed E-state index contributed by atoms with van der Waals surface area (Å²) in [6, 6.07) is 7.64. The third kappa shape index (κ3) is 3.20. The summed E-state index contributed by atoms with van der Waals surface area (Å²) < 4.78 is 63.2. The predicted molar refractivity (Wildman–Crippen MR) is 82.4 cm³/mol. The molecule has 128 valence electrons. The van der Waals surface area contributed by atoms with Gasteiger partial charge in [0.2, 0.25) is 10.0 Å². The van der Waals surface area contributed by atoms with Crippen LogP contribution >= 0.6 is 0 Å². The average molecular weight is 355 g/mol. The number of rotatable bonds is 4. The second kappa shape index (κ2) is 6.37. The molecule has 0 spiro atoms. The maximum atomic E-state index is 13.3. The number of nitrogens with zero attached hydrogens (tertiary/aromatic N) is 1. The Bertz CT molecular complexity index is 870. The van der Waals surface area contributed by atoms with E-state index in [9.17, 15) is 17.2 Å². The van der Waals surface area contributed by atoms with Gasteiger partial charge in [-0.3, -0.25) is 0 Å². The molecule has 3 rings (SSSR count). The molecule has 0 bridgehead atoms. The van der Waals surface area contributed by atoms with Gasteiger partial charge in [-0.2, -0.15) is 4.31 Å². The van der Waals surface area contributed by atoms with Gasteiger partial charge in [0.05, 0.1) is 4.90 Å². The SMILES string of the molecule is CN(Cc1ccc2c(c1)OCCO2)S(=O)(=O)c1ccc(F)c(F)c1. The van der Waals surface area contributed by atoms with Crippen LogP contribution in [-0.4, -0.2) is 33.0 Å². The zero-order valence-corrected chi connectivity index (χ0v) is 13.6. The molecule has 0 aliphatic carbocycles. The second-order valence-electron chi connectivity index (χ2n) is 5.32. The highest BCUT2D eigenvalue weighted by atomic mass is 32.2.